The molecular weight excluding hydrogens is 628 g/mol. The van der Waals surface area contributed by atoms with Crippen molar-refractivity contribution in [1.29, 1.82) is 0 Å². The van der Waals surface area contributed by atoms with Crippen molar-refractivity contribution in [3.05, 3.63) is 90.6 Å². The highest BCUT2D eigenvalue weighted by molar-refractivity contribution is 8.13. The summed E-state index contributed by atoms with van der Waals surface area (Å²) in [4.78, 5) is 41.3. The number of amides is 2. The lowest BCUT2D eigenvalue weighted by atomic mass is 10.0. The second-order valence-electron chi connectivity index (χ2n) is 10.8. The number of nitrogens with zero attached hydrogens (tertiary/aromatic N) is 1. The first-order chi connectivity index (χ1) is 22.7. The summed E-state index contributed by atoms with van der Waals surface area (Å²) < 4.78 is 45.8. The number of anilines is 2. The van der Waals surface area contributed by atoms with Gasteiger partial charge >= 0.3 is 0 Å². The number of allylic oxidation sites excluding steroid dienone is 1. The Balaban J connectivity index is 1.22. The summed E-state index contributed by atoms with van der Waals surface area (Å²) in [5.41, 5.74) is -0.207. The van der Waals surface area contributed by atoms with E-state index in [0.717, 1.165) is 18.2 Å². The summed E-state index contributed by atoms with van der Waals surface area (Å²) in [5.74, 6) is -0.304. The number of ether oxygens (including phenoxy) is 3. The van der Waals surface area contributed by atoms with Crippen LogP contribution in [0.4, 0.5) is 20.2 Å². The van der Waals surface area contributed by atoms with Gasteiger partial charge in [0.25, 0.3) is 0 Å². The molecule has 9 nitrogen and oxygen atoms in total. The van der Waals surface area contributed by atoms with Gasteiger partial charge in [-0.2, -0.15) is 0 Å². The van der Waals surface area contributed by atoms with E-state index in [1.165, 1.54) is 61.5 Å². The smallest absolute Gasteiger partial charge is 0.240 e. The van der Waals surface area contributed by atoms with Crippen molar-refractivity contribution in [2.45, 2.75) is 32.6 Å². The molecule has 12 heteroatoms. The predicted octanol–water partition coefficient (Wildman–Crippen LogP) is 7.67. The minimum atomic E-state index is -1.29. The zero-order valence-electron chi connectivity index (χ0n) is 25.8. The lowest BCUT2D eigenvalue weighted by molar-refractivity contribution is -0.131. The molecule has 2 amide bonds. The van der Waals surface area contributed by atoms with Crippen LogP contribution in [0.3, 0.4) is 0 Å². The Hall–Kier alpha value is -4.97. The molecule has 1 saturated carbocycles. The van der Waals surface area contributed by atoms with Gasteiger partial charge in [0.05, 0.1) is 19.2 Å². The third-order valence-corrected chi connectivity index (χ3v) is 8.26. The SMILES string of the molecule is COc1cc2c(Oc3ccc(NC(=O)C4(C(=O)Nc5ccc(F)cc5)CC4)cc3F)ccnc2cc1OCC/C=C/CCSC(C)=O. The Morgan fingerprint density at radius 1 is 0.872 bits per heavy atom. The third kappa shape index (κ3) is 8.44. The van der Waals surface area contributed by atoms with Gasteiger partial charge in [0, 0.05) is 47.8 Å². The minimum Gasteiger partial charge on any atom is -0.493 e. The lowest BCUT2D eigenvalue weighted by Gasteiger charge is -2.16. The average Bonchev–Trinajstić information content (AvgIpc) is 3.87. The summed E-state index contributed by atoms with van der Waals surface area (Å²) >= 11 is 1.30. The van der Waals surface area contributed by atoms with Crippen LogP contribution in [-0.2, 0) is 14.4 Å². The van der Waals surface area contributed by atoms with Gasteiger partial charge in [-0.05, 0) is 74.2 Å². The number of methoxy groups -OCH3 is 1. The molecule has 0 radical (unpaired) electrons. The van der Waals surface area contributed by atoms with E-state index in [0.29, 0.717) is 59.7 Å². The third-order valence-electron chi connectivity index (χ3n) is 7.42. The van der Waals surface area contributed by atoms with Crippen LogP contribution in [-0.4, -0.2) is 41.4 Å². The van der Waals surface area contributed by atoms with Crippen molar-refractivity contribution >= 4 is 51.0 Å². The highest BCUT2D eigenvalue weighted by atomic mass is 32.2. The fourth-order valence-electron chi connectivity index (χ4n) is 4.73. The topological polar surface area (TPSA) is 116 Å². The maximum Gasteiger partial charge on any atom is 0.240 e. The Morgan fingerprint density at radius 3 is 2.26 bits per heavy atom. The molecule has 1 heterocycles. The predicted molar refractivity (Wildman–Crippen MR) is 177 cm³/mol. The Bertz CT molecular complexity index is 1810. The number of fused-ring (bicyclic) bond motifs is 1. The van der Waals surface area contributed by atoms with Crippen molar-refractivity contribution < 1.29 is 37.4 Å². The van der Waals surface area contributed by atoms with Crippen LogP contribution in [0.15, 0.2) is 79.0 Å². The number of carbonyl (C=O) groups excluding carboxylic acids is 3. The van der Waals surface area contributed by atoms with Gasteiger partial charge in [0.1, 0.15) is 17.0 Å². The van der Waals surface area contributed by atoms with Crippen molar-refractivity contribution in [1.82, 2.24) is 4.98 Å². The highest BCUT2D eigenvalue weighted by Gasteiger charge is 2.56. The molecule has 47 heavy (non-hydrogen) atoms. The van der Waals surface area contributed by atoms with Crippen molar-refractivity contribution in [2.24, 2.45) is 5.41 Å². The second kappa shape index (κ2) is 15.1. The maximum atomic E-state index is 15.2. The van der Waals surface area contributed by atoms with Gasteiger partial charge in [0.15, 0.2) is 28.2 Å². The van der Waals surface area contributed by atoms with Gasteiger partial charge < -0.3 is 24.8 Å². The first-order valence-electron chi connectivity index (χ1n) is 14.9. The summed E-state index contributed by atoms with van der Waals surface area (Å²) in [6.07, 6.45) is 7.69. The monoisotopic (exact) mass is 661 g/mol. The number of rotatable bonds is 14. The van der Waals surface area contributed by atoms with E-state index in [9.17, 15) is 18.8 Å². The molecule has 2 N–H and O–H groups in total. The molecule has 1 fully saturated rings. The van der Waals surface area contributed by atoms with Crippen LogP contribution in [0.5, 0.6) is 23.0 Å². The van der Waals surface area contributed by atoms with E-state index >= 15 is 4.39 Å². The molecule has 1 aliphatic carbocycles. The van der Waals surface area contributed by atoms with Gasteiger partial charge in [-0.15, -0.1) is 0 Å². The van der Waals surface area contributed by atoms with E-state index in [-0.39, 0.29) is 16.6 Å². The number of hydrogen-bond donors (Lipinski definition) is 2. The van der Waals surface area contributed by atoms with Crippen LogP contribution in [0.25, 0.3) is 10.9 Å². The summed E-state index contributed by atoms with van der Waals surface area (Å²) in [5, 5.41) is 5.94. The van der Waals surface area contributed by atoms with Crippen molar-refractivity contribution in [3.8, 4) is 23.0 Å². The maximum absolute atomic E-state index is 15.2. The standard InChI is InChI=1S/C35H33F2N3O6S/c1-22(41)47-18-6-4-3-5-17-45-32-21-28-26(20-31(32)44-2)29(13-16-38-28)46-30-12-11-25(19-27(30)37)40-34(43)35(14-15-35)33(42)39-24-9-7-23(36)8-10-24/h3-4,7-13,16,19-21H,5-6,14-15,17-18H2,1-2H3,(H,39,42)(H,40,43)/b4-3+. The number of nitrogens with one attached hydrogen (secondary N) is 2. The van der Waals surface area contributed by atoms with Gasteiger partial charge in [-0.1, -0.05) is 23.9 Å². The van der Waals surface area contributed by atoms with Gasteiger partial charge in [0.2, 0.25) is 11.8 Å². The molecule has 3 aromatic carbocycles. The minimum absolute atomic E-state index is 0.0847. The summed E-state index contributed by atoms with van der Waals surface area (Å²) in [6.45, 7) is 1.96. The second-order valence-corrected chi connectivity index (χ2v) is 12.1. The van der Waals surface area contributed by atoms with Gasteiger partial charge in [-0.3, -0.25) is 19.4 Å². The molecule has 244 valence electrons. The van der Waals surface area contributed by atoms with Crippen molar-refractivity contribution in [3.63, 3.8) is 0 Å². The Kier molecular flexibility index (Phi) is 10.7. The lowest BCUT2D eigenvalue weighted by Crippen LogP contribution is -2.35. The highest BCUT2D eigenvalue weighted by Crippen LogP contribution is 2.47. The number of halogens is 2. The molecule has 0 bridgehead atoms. The molecule has 0 atom stereocenters. The quantitative estimate of drug-likeness (QED) is 0.0804. The molecule has 4 aromatic rings. The van der Waals surface area contributed by atoms with Crippen LogP contribution in [0.1, 0.15) is 32.6 Å². The molecule has 0 saturated heterocycles. The van der Waals surface area contributed by atoms with E-state index in [2.05, 4.69) is 15.6 Å². The molecule has 0 spiro atoms. The number of pyridine rings is 1. The molecule has 0 aliphatic heterocycles. The van der Waals surface area contributed by atoms with Gasteiger partial charge in [-0.25, -0.2) is 8.78 Å². The van der Waals surface area contributed by atoms with Crippen LogP contribution >= 0.6 is 11.8 Å². The number of carbonyl (C=O) groups is 3. The summed E-state index contributed by atoms with van der Waals surface area (Å²) in [6, 6.07) is 14.3. The number of benzene rings is 3. The van der Waals surface area contributed by atoms with Crippen LogP contribution < -0.4 is 24.8 Å². The molecular formula is C35H33F2N3O6S. The zero-order chi connectivity index (χ0) is 33.4. The Labute approximate surface area is 274 Å². The largest absolute Gasteiger partial charge is 0.493 e. The van der Waals surface area contributed by atoms with E-state index < -0.39 is 28.9 Å². The van der Waals surface area contributed by atoms with Crippen LogP contribution in [0, 0.1) is 17.0 Å². The van der Waals surface area contributed by atoms with Crippen LogP contribution in [0.2, 0.25) is 0 Å². The number of aromatic nitrogens is 1. The average molecular weight is 662 g/mol. The first kappa shape index (κ1) is 33.4. The molecule has 0 unspecified atom stereocenters. The Morgan fingerprint density at radius 2 is 1.57 bits per heavy atom. The fraction of sp³-hybridized carbons (Fsp3) is 0.257. The first-order valence-corrected chi connectivity index (χ1v) is 15.9. The van der Waals surface area contributed by atoms with E-state index in [1.807, 2.05) is 12.2 Å². The normalized spacial score (nSPS) is 13.3. The van der Waals surface area contributed by atoms with Crippen molar-refractivity contribution in [2.75, 3.05) is 30.1 Å². The fourth-order valence-corrected chi connectivity index (χ4v) is 5.27. The molecule has 5 rings (SSSR count). The molecule has 1 aliphatic rings. The van der Waals surface area contributed by atoms with E-state index in [4.69, 9.17) is 14.2 Å². The number of thioether (sulfide) groups is 1. The van der Waals surface area contributed by atoms with E-state index in [1.54, 1.807) is 25.1 Å². The zero-order valence-corrected chi connectivity index (χ0v) is 26.6. The molecule has 1 aromatic heterocycles. The summed E-state index contributed by atoms with van der Waals surface area (Å²) in [7, 11) is 1.52. The number of hydrogen-bond acceptors (Lipinski definition) is 8.